The summed E-state index contributed by atoms with van der Waals surface area (Å²) in [6.07, 6.45) is 0. The molecule has 0 saturated carbocycles. The molecule has 0 atom stereocenters. The van der Waals surface area contributed by atoms with Crippen LogP contribution in [0.15, 0.2) is 16.8 Å². The van der Waals surface area contributed by atoms with E-state index in [0.717, 1.165) is 0 Å². The van der Waals surface area contributed by atoms with Crippen LogP contribution in [0.5, 0.6) is 0 Å². The predicted molar refractivity (Wildman–Crippen MR) is 55.3 cm³/mol. The van der Waals surface area contributed by atoms with E-state index in [-0.39, 0.29) is 18.4 Å². The molecule has 1 aromatic rings. The van der Waals surface area contributed by atoms with Crippen LogP contribution < -0.4 is 5.32 Å². The van der Waals surface area contributed by atoms with E-state index in [1.165, 1.54) is 16.2 Å². The summed E-state index contributed by atoms with van der Waals surface area (Å²) in [4.78, 5) is 23.9. The van der Waals surface area contributed by atoms with Gasteiger partial charge in [-0.3, -0.25) is 9.59 Å². The van der Waals surface area contributed by atoms with Gasteiger partial charge in [-0.2, -0.15) is 11.3 Å². The second kappa shape index (κ2) is 4.76. The number of nitrogens with zero attached hydrogens (tertiary/aromatic N) is 1. The SMILES string of the molecule is CN(C)C(=O)CNC(=O)c1ccsc1. The van der Waals surface area contributed by atoms with Crippen LogP contribution in [0.2, 0.25) is 0 Å². The maximum absolute atomic E-state index is 11.4. The van der Waals surface area contributed by atoms with E-state index in [9.17, 15) is 9.59 Å². The maximum atomic E-state index is 11.4. The Bertz CT molecular complexity index is 320. The van der Waals surface area contributed by atoms with Crippen molar-refractivity contribution in [2.24, 2.45) is 0 Å². The number of nitrogens with one attached hydrogen (secondary N) is 1. The van der Waals surface area contributed by atoms with Gasteiger partial charge < -0.3 is 10.2 Å². The van der Waals surface area contributed by atoms with Crippen molar-refractivity contribution in [2.45, 2.75) is 0 Å². The highest BCUT2D eigenvalue weighted by atomic mass is 32.1. The predicted octanol–water partition coefficient (Wildman–Crippen LogP) is 0.566. The summed E-state index contributed by atoms with van der Waals surface area (Å²) >= 11 is 1.45. The molecule has 0 unspecified atom stereocenters. The molecule has 1 rings (SSSR count). The minimum atomic E-state index is -0.207. The summed E-state index contributed by atoms with van der Waals surface area (Å²) in [6.45, 7) is 0.0433. The fourth-order valence-corrected chi connectivity index (χ4v) is 1.45. The highest BCUT2D eigenvalue weighted by Crippen LogP contribution is 2.04. The number of thiophene rings is 1. The molecule has 0 saturated heterocycles. The third kappa shape index (κ3) is 2.85. The molecule has 1 aromatic heterocycles. The molecule has 1 N–H and O–H groups in total. The van der Waals surface area contributed by atoms with Gasteiger partial charge in [0.2, 0.25) is 5.91 Å². The lowest BCUT2D eigenvalue weighted by atomic mass is 10.3. The molecule has 0 spiro atoms. The van der Waals surface area contributed by atoms with Crippen molar-refractivity contribution in [3.8, 4) is 0 Å². The van der Waals surface area contributed by atoms with Gasteiger partial charge in [0.15, 0.2) is 0 Å². The zero-order chi connectivity index (χ0) is 10.6. The smallest absolute Gasteiger partial charge is 0.252 e. The van der Waals surface area contributed by atoms with Crippen LogP contribution in [0.3, 0.4) is 0 Å². The number of carbonyl (C=O) groups excluding carboxylic acids is 2. The lowest BCUT2D eigenvalue weighted by Crippen LogP contribution is -2.36. The van der Waals surface area contributed by atoms with E-state index >= 15 is 0 Å². The van der Waals surface area contributed by atoms with Crippen LogP contribution in [0.25, 0.3) is 0 Å². The van der Waals surface area contributed by atoms with Crippen molar-refractivity contribution in [3.63, 3.8) is 0 Å². The van der Waals surface area contributed by atoms with E-state index in [2.05, 4.69) is 5.32 Å². The van der Waals surface area contributed by atoms with Crippen LogP contribution in [0, 0.1) is 0 Å². The highest BCUT2D eigenvalue weighted by molar-refractivity contribution is 7.08. The first kappa shape index (κ1) is 10.7. The molecule has 2 amide bonds. The van der Waals surface area contributed by atoms with E-state index < -0.39 is 0 Å². The molecule has 0 aliphatic rings. The summed E-state index contributed by atoms with van der Waals surface area (Å²) in [6, 6.07) is 1.72. The number of amides is 2. The van der Waals surface area contributed by atoms with Gasteiger partial charge in [0.1, 0.15) is 0 Å². The average Bonchev–Trinajstić information content (AvgIpc) is 2.66. The summed E-state index contributed by atoms with van der Waals surface area (Å²) in [5.74, 6) is -0.324. The van der Waals surface area contributed by atoms with E-state index in [4.69, 9.17) is 0 Å². The van der Waals surface area contributed by atoms with Gasteiger partial charge >= 0.3 is 0 Å². The lowest BCUT2D eigenvalue weighted by molar-refractivity contribution is -0.127. The van der Waals surface area contributed by atoms with Gasteiger partial charge in [-0.1, -0.05) is 0 Å². The molecule has 76 valence electrons. The van der Waals surface area contributed by atoms with Gasteiger partial charge in [0.25, 0.3) is 5.91 Å². The summed E-state index contributed by atoms with van der Waals surface area (Å²) in [5.41, 5.74) is 0.599. The Hall–Kier alpha value is -1.36. The molecule has 0 fully saturated rings. The Morgan fingerprint density at radius 1 is 1.50 bits per heavy atom. The molecule has 0 bridgehead atoms. The number of hydrogen-bond donors (Lipinski definition) is 1. The molecule has 5 heteroatoms. The van der Waals surface area contributed by atoms with Crippen molar-refractivity contribution in [2.75, 3.05) is 20.6 Å². The number of carbonyl (C=O) groups is 2. The summed E-state index contributed by atoms with van der Waals surface area (Å²) in [5, 5.41) is 6.11. The largest absolute Gasteiger partial charge is 0.347 e. The van der Waals surface area contributed by atoms with Gasteiger partial charge in [0, 0.05) is 25.0 Å². The standard InChI is InChI=1S/C9H12N2O2S/c1-11(2)8(12)5-10-9(13)7-3-4-14-6-7/h3-4,6H,5H2,1-2H3,(H,10,13). The Kier molecular flexibility index (Phi) is 3.64. The third-order valence-electron chi connectivity index (χ3n) is 1.68. The Morgan fingerprint density at radius 2 is 2.21 bits per heavy atom. The minimum absolute atomic E-state index is 0.0433. The highest BCUT2D eigenvalue weighted by Gasteiger charge is 2.08. The molecule has 14 heavy (non-hydrogen) atoms. The van der Waals surface area contributed by atoms with Crippen molar-refractivity contribution in [1.82, 2.24) is 10.2 Å². The first-order valence-electron chi connectivity index (χ1n) is 4.12. The van der Waals surface area contributed by atoms with E-state index in [1.807, 2.05) is 5.38 Å². The fraction of sp³-hybridized carbons (Fsp3) is 0.333. The lowest BCUT2D eigenvalue weighted by Gasteiger charge is -2.10. The van der Waals surface area contributed by atoms with Crippen molar-refractivity contribution in [3.05, 3.63) is 22.4 Å². The Balaban J connectivity index is 2.40. The second-order valence-corrected chi connectivity index (χ2v) is 3.76. The number of rotatable bonds is 3. The van der Waals surface area contributed by atoms with Crippen LogP contribution in [0.4, 0.5) is 0 Å². The molecule has 4 nitrogen and oxygen atoms in total. The Morgan fingerprint density at radius 3 is 2.71 bits per heavy atom. The van der Waals surface area contributed by atoms with Gasteiger partial charge in [-0.15, -0.1) is 0 Å². The maximum Gasteiger partial charge on any atom is 0.252 e. The zero-order valence-corrected chi connectivity index (χ0v) is 8.93. The fourth-order valence-electron chi connectivity index (χ4n) is 0.810. The van der Waals surface area contributed by atoms with Crippen LogP contribution in [-0.2, 0) is 4.79 Å². The molecule has 0 aliphatic carbocycles. The van der Waals surface area contributed by atoms with Gasteiger partial charge in [-0.25, -0.2) is 0 Å². The topological polar surface area (TPSA) is 49.4 Å². The van der Waals surface area contributed by atoms with E-state index in [1.54, 1.807) is 25.5 Å². The first-order chi connectivity index (χ1) is 6.61. The average molecular weight is 212 g/mol. The van der Waals surface area contributed by atoms with Gasteiger partial charge in [-0.05, 0) is 11.4 Å². The molecule has 1 heterocycles. The first-order valence-corrected chi connectivity index (χ1v) is 5.06. The molecule has 0 radical (unpaired) electrons. The van der Waals surface area contributed by atoms with Gasteiger partial charge in [0.05, 0.1) is 6.54 Å². The summed E-state index contributed by atoms with van der Waals surface area (Å²) in [7, 11) is 3.30. The monoisotopic (exact) mass is 212 g/mol. The normalized spacial score (nSPS) is 9.57. The number of hydrogen-bond acceptors (Lipinski definition) is 3. The second-order valence-electron chi connectivity index (χ2n) is 2.98. The molecular formula is C9H12N2O2S. The number of likely N-dealkylation sites (N-methyl/N-ethyl adjacent to an activating group) is 1. The van der Waals surface area contributed by atoms with Crippen LogP contribution >= 0.6 is 11.3 Å². The van der Waals surface area contributed by atoms with Crippen LogP contribution in [-0.4, -0.2) is 37.4 Å². The third-order valence-corrected chi connectivity index (χ3v) is 2.37. The van der Waals surface area contributed by atoms with Crippen LogP contribution in [0.1, 0.15) is 10.4 Å². The van der Waals surface area contributed by atoms with Crippen molar-refractivity contribution in [1.29, 1.82) is 0 Å². The quantitative estimate of drug-likeness (QED) is 0.796. The zero-order valence-electron chi connectivity index (χ0n) is 8.11. The van der Waals surface area contributed by atoms with Crippen molar-refractivity contribution < 1.29 is 9.59 Å². The molecule has 0 aliphatic heterocycles. The Labute approximate surface area is 86.5 Å². The van der Waals surface area contributed by atoms with E-state index in [0.29, 0.717) is 5.56 Å². The summed E-state index contributed by atoms with van der Waals surface area (Å²) < 4.78 is 0. The van der Waals surface area contributed by atoms with Crippen molar-refractivity contribution >= 4 is 23.2 Å². The molecule has 0 aromatic carbocycles. The minimum Gasteiger partial charge on any atom is -0.347 e. The molecular weight excluding hydrogens is 200 g/mol.